The van der Waals surface area contributed by atoms with Gasteiger partial charge in [-0.2, -0.15) is 0 Å². The molecule has 4 nitrogen and oxygen atoms in total. The molecule has 0 saturated carbocycles. The second-order valence-electron chi connectivity index (χ2n) is 7.58. The zero-order valence-corrected chi connectivity index (χ0v) is 16.0. The molecule has 2 aromatic carbocycles. The molecule has 4 heteroatoms. The average molecular weight is 364 g/mol. The molecule has 0 bridgehead atoms. The molecular weight excluding hydrogens is 336 g/mol. The predicted octanol–water partition coefficient (Wildman–Crippen LogP) is 3.15. The van der Waals surface area contributed by atoms with Crippen LogP contribution in [0.4, 0.5) is 0 Å². The number of rotatable bonds is 5. The van der Waals surface area contributed by atoms with Crippen LogP contribution in [0.3, 0.4) is 0 Å². The summed E-state index contributed by atoms with van der Waals surface area (Å²) >= 11 is 0. The maximum absolute atomic E-state index is 12.7. The van der Waals surface area contributed by atoms with Gasteiger partial charge < -0.3 is 4.74 Å². The van der Waals surface area contributed by atoms with Gasteiger partial charge >= 0.3 is 5.97 Å². The minimum atomic E-state index is -0.0750. The highest BCUT2D eigenvalue weighted by Gasteiger charge is 2.48. The number of benzene rings is 2. The molecule has 2 heterocycles. The highest BCUT2D eigenvalue weighted by molar-refractivity contribution is 5.75. The van der Waals surface area contributed by atoms with Crippen LogP contribution in [-0.4, -0.2) is 54.6 Å². The molecule has 2 aromatic rings. The van der Waals surface area contributed by atoms with Gasteiger partial charge in [-0.15, -0.1) is 0 Å². The van der Waals surface area contributed by atoms with Crippen LogP contribution >= 0.6 is 0 Å². The zero-order valence-electron chi connectivity index (χ0n) is 16.0. The van der Waals surface area contributed by atoms with E-state index in [-0.39, 0.29) is 17.8 Å². The Hall–Kier alpha value is -2.17. The van der Waals surface area contributed by atoms with E-state index >= 15 is 0 Å². The number of hydrogen-bond acceptors (Lipinski definition) is 4. The Kier molecular flexibility index (Phi) is 5.55. The molecule has 0 amide bonds. The predicted molar refractivity (Wildman–Crippen MR) is 106 cm³/mol. The highest BCUT2D eigenvalue weighted by Crippen LogP contribution is 2.40. The molecule has 3 atom stereocenters. The SMILES string of the molecule is CCOC(=O)[C@@H]1CN2CCN(Cc3ccccc3)C[C@@H]2[C@H]1c1ccccc1. The van der Waals surface area contributed by atoms with Gasteiger partial charge in [-0.3, -0.25) is 14.6 Å². The number of fused-ring (bicyclic) bond motifs is 1. The Morgan fingerprint density at radius 2 is 1.70 bits per heavy atom. The third-order valence-corrected chi connectivity index (χ3v) is 5.92. The minimum Gasteiger partial charge on any atom is -0.466 e. The van der Waals surface area contributed by atoms with E-state index in [4.69, 9.17) is 4.74 Å². The number of esters is 1. The number of ether oxygens (including phenoxy) is 1. The van der Waals surface area contributed by atoms with E-state index in [9.17, 15) is 4.79 Å². The van der Waals surface area contributed by atoms with E-state index in [1.807, 2.05) is 13.0 Å². The average Bonchev–Trinajstić information content (AvgIpc) is 3.08. The molecule has 0 aliphatic carbocycles. The fourth-order valence-corrected chi connectivity index (χ4v) is 4.69. The molecule has 4 rings (SSSR count). The first kappa shape index (κ1) is 18.2. The maximum atomic E-state index is 12.7. The van der Waals surface area contributed by atoms with Gasteiger partial charge in [-0.25, -0.2) is 0 Å². The number of carbonyl (C=O) groups excluding carboxylic acids is 1. The smallest absolute Gasteiger partial charge is 0.310 e. The molecule has 0 unspecified atom stereocenters. The fourth-order valence-electron chi connectivity index (χ4n) is 4.69. The molecule has 2 fully saturated rings. The second kappa shape index (κ2) is 8.24. The molecular formula is C23H28N2O2. The van der Waals surface area contributed by atoms with Crippen LogP contribution in [0.25, 0.3) is 0 Å². The summed E-state index contributed by atoms with van der Waals surface area (Å²) in [4.78, 5) is 17.7. The Morgan fingerprint density at radius 3 is 2.41 bits per heavy atom. The molecule has 142 valence electrons. The second-order valence-corrected chi connectivity index (χ2v) is 7.58. The van der Waals surface area contributed by atoms with Crippen LogP contribution in [0.15, 0.2) is 60.7 Å². The van der Waals surface area contributed by atoms with Gasteiger partial charge in [0.05, 0.1) is 12.5 Å². The maximum Gasteiger partial charge on any atom is 0.310 e. The number of nitrogens with zero attached hydrogens (tertiary/aromatic N) is 2. The van der Waals surface area contributed by atoms with Gasteiger partial charge in [0, 0.05) is 44.7 Å². The summed E-state index contributed by atoms with van der Waals surface area (Å²) in [5, 5.41) is 0. The monoisotopic (exact) mass is 364 g/mol. The third kappa shape index (κ3) is 3.92. The van der Waals surface area contributed by atoms with Crippen molar-refractivity contribution >= 4 is 5.97 Å². The van der Waals surface area contributed by atoms with Crippen LogP contribution in [0.2, 0.25) is 0 Å². The van der Waals surface area contributed by atoms with Gasteiger partial charge in [0.25, 0.3) is 0 Å². The molecule has 0 aromatic heterocycles. The van der Waals surface area contributed by atoms with E-state index in [1.165, 1.54) is 11.1 Å². The van der Waals surface area contributed by atoms with Gasteiger partial charge in [0.1, 0.15) is 0 Å². The summed E-state index contributed by atoms with van der Waals surface area (Å²) in [6.07, 6.45) is 0. The van der Waals surface area contributed by atoms with Crippen molar-refractivity contribution in [2.45, 2.75) is 25.4 Å². The molecule has 0 radical (unpaired) electrons. The van der Waals surface area contributed by atoms with E-state index < -0.39 is 0 Å². The topological polar surface area (TPSA) is 32.8 Å². The number of carbonyl (C=O) groups is 1. The van der Waals surface area contributed by atoms with Gasteiger partial charge in [0.2, 0.25) is 0 Å². The normalized spacial score (nSPS) is 25.9. The van der Waals surface area contributed by atoms with Crippen molar-refractivity contribution < 1.29 is 9.53 Å². The zero-order chi connectivity index (χ0) is 18.6. The van der Waals surface area contributed by atoms with Crippen molar-refractivity contribution in [3.05, 3.63) is 71.8 Å². The Labute approximate surface area is 161 Å². The largest absolute Gasteiger partial charge is 0.466 e. The van der Waals surface area contributed by atoms with Crippen molar-refractivity contribution in [3.63, 3.8) is 0 Å². The molecule has 27 heavy (non-hydrogen) atoms. The van der Waals surface area contributed by atoms with Crippen molar-refractivity contribution in [1.29, 1.82) is 0 Å². The lowest BCUT2D eigenvalue weighted by Crippen LogP contribution is -2.51. The van der Waals surface area contributed by atoms with Gasteiger partial charge in [0.15, 0.2) is 0 Å². The summed E-state index contributed by atoms with van der Waals surface area (Å²) in [5.74, 6) is 0.0770. The van der Waals surface area contributed by atoms with Crippen molar-refractivity contribution in [1.82, 2.24) is 9.80 Å². The summed E-state index contributed by atoms with van der Waals surface area (Å²) < 4.78 is 5.43. The molecule has 0 N–H and O–H groups in total. The fraction of sp³-hybridized carbons (Fsp3) is 0.435. The lowest BCUT2D eigenvalue weighted by Gasteiger charge is -2.39. The van der Waals surface area contributed by atoms with Crippen LogP contribution < -0.4 is 0 Å². The van der Waals surface area contributed by atoms with Crippen LogP contribution in [0.5, 0.6) is 0 Å². The molecule has 2 aliphatic heterocycles. The lowest BCUT2D eigenvalue weighted by molar-refractivity contribution is -0.148. The third-order valence-electron chi connectivity index (χ3n) is 5.92. The Balaban J connectivity index is 1.56. The Bertz CT molecular complexity index is 749. The van der Waals surface area contributed by atoms with E-state index in [1.54, 1.807) is 0 Å². The summed E-state index contributed by atoms with van der Waals surface area (Å²) in [6.45, 7) is 7.16. The first-order chi connectivity index (χ1) is 13.3. The molecule has 2 aliphatic rings. The number of hydrogen-bond donors (Lipinski definition) is 0. The summed E-state index contributed by atoms with van der Waals surface area (Å²) in [7, 11) is 0. The summed E-state index contributed by atoms with van der Waals surface area (Å²) in [6, 6.07) is 21.5. The highest BCUT2D eigenvalue weighted by atomic mass is 16.5. The van der Waals surface area contributed by atoms with E-state index in [0.717, 1.165) is 32.7 Å². The molecule has 2 saturated heterocycles. The van der Waals surface area contributed by atoms with Crippen LogP contribution in [0.1, 0.15) is 24.0 Å². The van der Waals surface area contributed by atoms with Crippen LogP contribution in [-0.2, 0) is 16.1 Å². The first-order valence-corrected chi connectivity index (χ1v) is 9.98. The van der Waals surface area contributed by atoms with E-state index in [0.29, 0.717) is 12.6 Å². The molecule has 0 spiro atoms. The Morgan fingerprint density at radius 1 is 1.00 bits per heavy atom. The summed E-state index contributed by atoms with van der Waals surface area (Å²) in [5.41, 5.74) is 2.60. The van der Waals surface area contributed by atoms with Crippen molar-refractivity contribution in [2.75, 3.05) is 32.8 Å². The lowest BCUT2D eigenvalue weighted by atomic mass is 9.83. The minimum absolute atomic E-state index is 0.0460. The van der Waals surface area contributed by atoms with Gasteiger partial charge in [-0.05, 0) is 18.1 Å². The van der Waals surface area contributed by atoms with Gasteiger partial charge in [-0.1, -0.05) is 60.7 Å². The van der Waals surface area contributed by atoms with Crippen molar-refractivity contribution in [3.8, 4) is 0 Å². The van der Waals surface area contributed by atoms with E-state index in [2.05, 4.69) is 64.4 Å². The number of piperazine rings is 1. The van der Waals surface area contributed by atoms with Crippen LogP contribution in [0, 0.1) is 5.92 Å². The quantitative estimate of drug-likeness (QED) is 0.763. The standard InChI is InChI=1S/C23H28N2O2/c1-2-27-23(26)20-16-25-14-13-24(15-18-9-5-3-6-10-18)17-21(25)22(20)19-11-7-4-8-12-19/h3-12,20-22H,2,13-17H2,1H3/t20-,21-,22+/m1/s1. The first-order valence-electron chi connectivity index (χ1n) is 9.98. The van der Waals surface area contributed by atoms with Crippen molar-refractivity contribution in [2.24, 2.45) is 5.92 Å².